The fourth-order valence-corrected chi connectivity index (χ4v) is 6.54. The predicted octanol–water partition coefficient (Wildman–Crippen LogP) is 4.60. The van der Waals surface area contributed by atoms with Gasteiger partial charge in [-0.2, -0.15) is 13.2 Å². The molecule has 8 heteroatoms. The minimum absolute atomic E-state index is 0.0157. The summed E-state index contributed by atoms with van der Waals surface area (Å²) >= 11 is 0. The molecular weight excluding hydrogens is 470 g/mol. The molecule has 0 aromatic heterocycles. The SMILES string of the molecule is Cc1cc(F)ccc1[C@H]1CN(C2CN(C)C2)CC[C@@H]1N(C)C(=O)C1(C)Cc2cc(C(F)(F)F)cc1c2. The van der Waals surface area contributed by atoms with Gasteiger partial charge in [0.1, 0.15) is 5.82 Å². The zero-order chi connectivity index (χ0) is 26.0. The monoisotopic (exact) mass is 503 g/mol. The van der Waals surface area contributed by atoms with Crippen LogP contribution in [0.3, 0.4) is 0 Å². The normalized spacial score (nSPS) is 27.2. The number of likely N-dealkylation sites (N-methyl/N-ethyl adjacent to an activating group) is 2. The number of nitrogens with zero attached hydrogens (tertiary/aromatic N) is 3. The highest BCUT2D eigenvalue weighted by molar-refractivity contribution is 5.89. The average Bonchev–Trinajstić information content (AvgIpc) is 3.03. The first-order valence-corrected chi connectivity index (χ1v) is 12.5. The number of alkyl halides is 3. The third-order valence-corrected chi connectivity index (χ3v) is 8.61. The van der Waals surface area contributed by atoms with Gasteiger partial charge in [-0.3, -0.25) is 9.69 Å². The molecule has 2 aliphatic heterocycles. The van der Waals surface area contributed by atoms with E-state index in [0.717, 1.165) is 55.9 Å². The van der Waals surface area contributed by atoms with Gasteiger partial charge in [-0.1, -0.05) is 12.1 Å². The Morgan fingerprint density at radius 1 is 1.11 bits per heavy atom. The van der Waals surface area contributed by atoms with E-state index < -0.39 is 17.2 Å². The molecule has 2 aromatic carbocycles. The summed E-state index contributed by atoms with van der Waals surface area (Å²) in [4.78, 5) is 20.5. The first-order valence-electron chi connectivity index (χ1n) is 12.5. The van der Waals surface area contributed by atoms with Gasteiger partial charge in [0.2, 0.25) is 5.91 Å². The second-order valence-corrected chi connectivity index (χ2v) is 11.2. The molecule has 2 aromatic rings. The third-order valence-electron chi connectivity index (χ3n) is 8.61. The number of rotatable bonds is 4. The van der Waals surface area contributed by atoms with Gasteiger partial charge in [0, 0.05) is 51.2 Å². The van der Waals surface area contributed by atoms with E-state index in [0.29, 0.717) is 17.2 Å². The van der Waals surface area contributed by atoms with Crippen molar-refractivity contribution in [3.63, 3.8) is 0 Å². The van der Waals surface area contributed by atoms with Crippen molar-refractivity contribution in [2.24, 2.45) is 0 Å². The van der Waals surface area contributed by atoms with Gasteiger partial charge >= 0.3 is 6.18 Å². The fraction of sp³-hybridized carbons (Fsp3) is 0.536. The zero-order valence-corrected chi connectivity index (χ0v) is 21.2. The van der Waals surface area contributed by atoms with Crippen LogP contribution in [0.2, 0.25) is 0 Å². The minimum Gasteiger partial charge on any atom is -0.341 e. The van der Waals surface area contributed by atoms with Crippen LogP contribution in [0.15, 0.2) is 36.4 Å². The van der Waals surface area contributed by atoms with Gasteiger partial charge < -0.3 is 9.80 Å². The summed E-state index contributed by atoms with van der Waals surface area (Å²) in [6, 6.07) is 9.17. The number of carbonyl (C=O) groups excluding carboxylic acids is 1. The molecule has 3 atom stereocenters. The van der Waals surface area contributed by atoms with Gasteiger partial charge in [0.05, 0.1) is 11.0 Å². The van der Waals surface area contributed by atoms with E-state index in [4.69, 9.17) is 0 Å². The van der Waals surface area contributed by atoms with Crippen molar-refractivity contribution in [2.75, 3.05) is 40.3 Å². The van der Waals surface area contributed by atoms with Crippen molar-refractivity contribution in [1.82, 2.24) is 14.7 Å². The molecule has 0 N–H and O–H groups in total. The highest BCUT2D eigenvalue weighted by Gasteiger charge is 2.47. The number of benzene rings is 2. The Labute approximate surface area is 209 Å². The number of piperidine rings is 1. The van der Waals surface area contributed by atoms with Crippen molar-refractivity contribution < 1.29 is 22.4 Å². The van der Waals surface area contributed by atoms with Gasteiger partial charge in [0.25, 0.3) is 0 Å². The van der Waals surface area contributed by atoms with Crippen LogP contribution in [0.4, 0.5) is 17.6 Å². The average molecular weight is 504 g/mol. The second-order valence-electron chi connectivity index (χ2n) is 11.2. The van der Waals surface area contributed by atoms with Crippen LogP contribution in [0.25, 0.3) is 0 Å². The molecule has 0 spiro atoms. The molecule has 4 nitrogen and oxygen atoms in total. The summed E-state index contributed by atoms with van der Waals surface area (Å²) in [6.07, 6.45) is -3.43. The van der Waals surface area contributed by atoms with Crippen molar-refractivity contribution in [1.29, 1.82) is 0 Å². The summed E-state index contributed by atoms with van der Waals surface area (Å²) < 4.78 is 54.2. The topological polar surface area (TPSA) is 26.8 Å². The molecular formula is C28H33F4N3O. The zero-order valence-electron chi connectivity index (χ0n) is 21.2. The molecule has 2 fully saturated rings. The Kier molecular flexibility index (Phi) is 6.19. The molecule has 0 saturated carbocycles. The highest BCUT2D eigenvalue weighted by atomic mass is 19.4. The Hall–Kier alpha value is -2.45. The summed E-state index contributed by atoms with van der Waals surface area (Å²) in [5.74, 6) is -0.467. The summed E-state index contributed by atoms with van der Waals surface area (Å²) in [5, 5.41) is 0. The quantitative estimate of drug-likeness (QED) is 0.571. The maximum Gasteiger partial charge on any atom is 0.416 e. The molecule has 2 saturated heterocycles. The summed E-state index contributed by atoms with van der Waals surface area (Å²) in [7, 11) is 3.88. The van der Waals surface area contributed by atoms with Gasteiger partial charge in [0.15, 0.2) is 0 Å². The number of hydrogen-bond donors (Lipinski definition) is 0. The first kappa shape index (κ1) is 25.2. The molecule has 1 amide bonds. The fourth-order valence-electron chi connectivity index (χ4n) is 6.54. The van der Waals surface area contributed by atoms with E-state index in [-0.39, 0.29) is 30.1 Å². The minimum atomic E-state index is -4.45. The van der Waals surface area contributed by atoms with Crippen molar-refractivity contribution in [3.8, 4) is 0 Å². The van der Waals surface area contributed by atoms with Crippen LogP contribution in [-0.4, -0.2) is 73.0 Å². The van der Waals surface area contributed by atoms with Gasteiger partial charge in [-0.05, 0) is 80.3 Å². The lowest BCUT2D eigenvalue weighted by molar-refractivity contribution is -0.140. The summed E-state index contributed by atoms with van der Waals surface area (Å²) in [6.45, 7) is 7.27. The number of amides is 1. The van der Waals surface area contributed by atoms with Crippen LogP contribution >= 0.6 is 0 Å². The highest BCUT2D eigenvalue weighted by Crippen LogP contribution is 2.43. The van der Waals surface area contributed by atoms with E-state index in [9.17, 15) is 22.4 Å². The molecule has 2 bridgehead atoms. The molecule has 5 rings (SSSR count). The van der Waals surface area contributed by atoms with Crippen LogP contribution < -0.4 is 0 Å². The molecule has 36 heavy (non-hydrogen) atoms. The number of carbonyl (C=O) groups is 1. The maximum atomic E-state index is 14.0. The Morgan fingerprint density at radius 3 is 2.47 bits per heavy atom. The molecule has 2 heterocycles. The lowest BCUT2D eigenvalue weighted by atomic mass is 9.79. The van der Waals surface area contributed by atoms with Crippen molar-refractivity contribution in [2.45, 2.75) is 56.3 Å². The molecule has 0 radical (unpaired) electrons. The number of halogens is 4. The van der Waals surface area contributed by atoms with Crippen molar-refractivity contribution >= 4 is 5.91 Å². The number of aryl methyl sites for hydroxylation is 1. The van der Waals surface area contributed by atoms with Gasteiger partial charge in [-0.15, -0.1) is 0 Å². The number of fused-ring (bicyclic) bond motifs is 2. The lowest BCUT2D eigenvalue weighted by Gasteiger charge is -2.51. The molecule has 194 valence electrons. The van der Waals surface area contributed by atoms with E-state index in [2.05, 4.69) is 16.8 Å². The summed E-state index contributed by atoms with van der Waals surface area (Å²) in [5.41, 5.74) is 1.10. The van der Waals surface area contributed by atoms with Crippen LogP contribution in [0.1, 0.15) is 47.1 Å². The van der Waals surface area contributed by atoms with Gasteiger partial charge in [-0.25, -0.2) is 4.39 Å². The number of hydrogen-bond acceptors (Lipinski definition) is 3. The van der Waals surface area contributed by atoms with E-state index in [1.165, 1.54) is 12.1 Å². The largest absolute Gasteiger partial charge is 0.416 e. The van der Waals surface area contributed by atoms with E-state index in [1.807, 2.05) is 13.0 Å². The third kappa shape index (κ3) is 4.32. The number of likely N-dealkylation sites (tertiary alicyclic amines) is 2. The Bertz CT molecular complexity index is 1180. The maximum absolute atomic E-state index is 14.0. The van der Waals surface area contributed by atoms with Crippen LogP contribution in [-0.2, 0) is 22.8 Å². The second kappa shape index (κ2) is 8.84. The van der Waals surface area contributed by atoms with E-state index in [1.54, 1.807) is 24.9 Å². The predicted molar refractivity (Wildman–Crippen MR) is 130 cm³/mol. The van der Waals surface area contributed by atoms with E-state index >= 15 is 0 Å². The first-order chi connectivity index (χ1) is 16.9. The molecule has 1 aliphatic carbocycles. The lowest BCUT2D eigenvalue weighted by Crippen LogP contribution is -2.62. The van der Waals surface area contributed by atoms with Crippen LogP contribution in [0, 0.1) is 12.7 Å². The van der Waals surface area contributed by atoms with Crippen LogP contribution in [0.5, 0.6) is 0 Å². The standard InChI is InChI=1S/C28H33F4N3O/c1-17-9-21(29)5-6-23(17)24-16-35(22-14-33(3)15-22)8-7-25(24)34(4)26(36)27(2)13-18-10-19(27)12-20(11-18)28(30,31)32/h5-6,9-12,22,24-25H,7-8,13-16H2,1-4H3/t24-,25+,27?/m1/s1. The Balaban J connectivity index is 1.43. The Morgan fingerprint density at radius 2 is 1.83 bits per heavy atom. The molecule has 3 aliphatic rings. The van der Waals surface area contributed by atoms with Crippen molar-refractivity contribution in [3.05, 3.63) is 70.0 Å². The molecule has 1 unspecified atom stereocenters. The smallest absolute Gasteiger partial charge is 0.341 e.